The lowest BCUT2D eigenvalue weighted by atomic mass is 10.2. The van der Waals surface area contributed by atoms with Gasteiger partial charge in [0.25, 0.3) is 0 Å². The molecule has 0 spiro atoms. The summed E-state index contributed by atoms with van der Waals surface area (Å²) in [7, 11) is 1.63. The van der Waals surface area contributed by atoms with Crippen LogP contribution in [0.2, 0.25) is 0 Å². The molecule has 0 unspecified atom stereocenters. The number of amides is 1. The zero-order valence-corrected chi connectivity index (χ0v) is 17.7. The van der Waals surface area contributed by atoms with Gasteiger partial charge in [0, 0.05) is 43.0 Å². The Balaban J connectivity index is 1.41. The molecule has 0 radical (unpaired) electrons. The minimum Gasteiger partial charge on any atom is -0.497 e. The molecule has 156 valence electrons. The van der Waals surface area contributed by atoms with Crippen LogP contribution in [-0.4, -0.2) is 40.9 Å². The molecule has 1 aliphatic heterocycles. The number of H-pyrrole nitrogens is 1. The Kier molecular flexibility index (Phi) is 6.13. The van der Waals surface area contributed by atoms with E-state index in [0.717, 1.165) is 35.8 Å². The number of hydrogen-bond donors (Lipinski definition) is 2. The average Bonchev–Trinajstić information content (AvgIpc) is 3.43. The van der Waals surface area contributed by atoms with E-state index in [4.69, 9.17) is 17.0 Å². The highest BCUT2D eigenvalue weighted by Gasteiger charge is 2.14. The summed E-state index contributed by atoms with van der Waals surface area (Å²) in [5.74, 6) is 1.42. The first-order valence-electron chi connectivity index (χ1n) is 10.1. The van der Waals surface area contributed by atoms with Gasteiger partial charge in [-0.1, -0.05) is 6.07 Å². The fraction of sp³-hybridized carbons (Fsp3) is 0.318. The third-order valence-corrected chi connectivity index (χ3v) is 5.58. The number of aromatic amines is 1. The van der Waals surface area contributed by atoms with Gasteiger partial charge >= 0.3 is 0 Å². The SMILES string of the molecule is COc1ccc(-c2n[nH]c(=S)n2CCC(=O)Nc2cccc(N3CCCC3)c2)cc1. The Labute approximate surface area is 180 Å². The number of ether oxygens (including phenoxy) is 1. The van der Waals surface area contributed by atoms with Crippen molar-refractivity contribution in [2.75, 3.05) is 30.4 Å². The number of carbonyl (C=O) groups is 1. The van der Waals surface area contributed by atoms with Crippen LogP contribution in [0.4, 0.5) is 11.4 Å². The second-order valence-corrected chi connectivity index (χ2v) is 7.66. The second-order valence-electron chi connectivity index (χ2n) is 7.28. The number of hydrogen-bond acceptors (Lipinski definition) is 5. The molecule has 0 aliphatic carbocycles. The predicted octanol–water partition coefficient (Wildman–Crippen LogP) is 4.25. The van der Waals surface area contributed by atoms with Gasteiger partial charge in [0.1, 0.15) is 5.75 Å². The van der Waals surface area contributed by atoms with Crippen LogP contribution in [-0.2, 0) is 11.3 Å². The number of rotatable bonds is 7. The highest BCUT2D eigenvalue weighted by molar-refractivity contribution is 7.71. The summed E-state index contributed by atoms with van der Waals surface area (Å²) in [5, 5.41) is 10.2. The molecule has 2 aromatic carbocycles. The first kappa shape index (κ1) is 20.2. The molecule has 3 aromatic rings. The quantitative estimate of drug-likeness (QED) is 0.556. The number of methoxy groups -OCH3 is 1. The topological polar surface area (TPSA) is 75.2 Å². The van der Waals surface area contributed by atoms with E-state index in [0.29, 0.717) is 23.6 Å². The maximum Gasteiger partial charge on any atom is 0.226 e. The smallest absolute Gasteiger partial charge is 0.226 e. The Morgan fingerprint density at radius 1 is 1.20 bits per heavy atom. The highest BCUT2D eigenvalue weighted by atomic mass is 32.1. The van der Waals surface area contributed by atoms with Gasteiger partial charge in [-0.15, -0.1) is 0 Å². The van der Waals surface area contributed by atoms with E-state index in [2.05, 4.69) is 26.5 Å². The van der Waals surface area contributed by atoms with Crippen LogP contribution >= 0.6 is 12.2 Å². The lowest BCUT2D eigenvalue weighted by Crippen LogP contribution is -2.18. The van der Waals surface area contributed by atoms with E-state index in [1.54, 1.807) is 7.11 Å². The molecule has 0 bridgehead atoms. The number of benzene rings is 2. The van der Waals surface area contributed by atoms with E-state index >= 15 is 0 Å². The minimum absolute atomic E-state index is 0.0580. The third kappa shape index (κ3) is 4.54. The van der Waals surface area contributed by atoms with Crippen molar-refractivity contribution < 1.29 is 9.53 Å². The molecule has 1 saturated heterocycles. The van der Waals surface area contributed by atoms with E-state index in [1.807, 2.05) is 47.0 Å². The second kappa shape index (κ2) is 9.13. The summed E-state index contributed by atoms with van der Waals surface area (Å²) in [6, 6.07) is 15.6. The van der Waals surface area contributed by atoms with E-state index in [-0.39, 0.29) is 5.91 Å². The molecule has 8 heteroatoms. The van der Waals surface area contributed by atoms with Crippen molar-refractivity contribution in [3.8, 4) is 17.1 Å². The minimum atomic E-state index is -0.0580. The molecule has 1 aromatic heterocycles. The van der Waals surface area contributed by atoms with E-state index < -0.39 is 0 Å². The van der Waals surface area contributed by atoms with Gasteiger partial charge in [-0.05, 0) is 67.5 Å². The largest absolute Gasteiger partial charge is 0.497 e. The molecule has 30 heavy (non-hydrogen) atoms. The maximum atomic E-state index is 12.6. The van der Waals surface area contributed by atoms with Crippen molar-refractivity contribution in [3.05, 3.63) is 53.3 Å². The first-order chi connectivity index (χ1) is 14.6. The van der Waals surface area contributed by atoms with Crippen molar-refractivity contribution in [1.29, 1.82) is 0 Å². The van der Waals surface area contributed by atoms with Gasteiger partial charge in [-0.3, -0.25) is 14.5 Å². The highest BCUT2D eigenvalue weighted by Crippen LogP contribution is 2.24. The van der Waals surface area contributed by atoms with Crippen LogP contribution < -0.4 is 15.0 Å². The number of anilines is 2. The average molecular weight is 424 g/mol. The Morgan fingerprint density at radius 3 is 2.70 bits per heavy atom. The van der Waals surface area contributed by atoms with Crippen LogP contribution in [0, 0.1) is 4.77 Å². The molecule has 2 N–H and O–H groups in total. The Hall–Kier alpha value is -3.13. The molecule has 0 saturated carbocycles. The van der Waals surface area contributed by atoms with Gasteiger partial charge in [0.2, 0.25) is 5.91 Å². The van der Waals surface area contributed by atoms with Gasteiger partial charge in [0.05, 0.1) is 7.11 Å². The number of nitrogens with one attached hydrogen (secondary N) is 2. The standard InChI is InChI=1S/C22H25N5O2S/c1-29-19-9-7-16(8-10-19)21-24-25-22(30)27(21)14-11-20(28)23-17-5-4-6-18(15-17)26-12-2-3-13-26/h4-10,15H,2-3,11-14H2,1H3,(H,23,28)(H,25,30). The fourth-order valence-corrected chi connectivity index (χ4v) is 3.90. The van der Waals surface area contributed by atoms with Gasteiger partial charge in [-0.2, -0.15) is 5.10 Å². The van der Waals surface area contributed by atoms with Crippen LogP contribution in [0.5, 0.6) is 5.75 Å². The van der Waals surface area contributed by atoms with Gasteiger partial charge in [0.15, 0.2) is 10.6 Å². The third-order valence-electron chi connectivity index (χ3n) is 5.27. The van der Waals surface area contributed by atoms with Gasteiger partial charge < -0.3 is 15.0 Å². The molecule has 0 atom stereocenters. The molecule has 2 heterocycles. The number of aromatic nitrogens is 3. The van der Waals surface area contributed by atoms with Gasteiger partial charge in [-0.25, -0.2) is 0 Å². The Bertz CT molecular complexity index is 1070. The predicted molar refractivity (Wildman–Crippen MR) is 121 cm³/mol. The molecule has 1 fully saturated rings. The van der Waals surface area contributed by atoms with E-state index in [1.165, 1.54) is 12.8 Å². The molecule has 4 rings (SSSR count). The van der Waals surface area contributed by atoms with Crippen molar-refractivity contribution in [1.82, 2.24) is 14.8 Å². The summed E-state index contributed by atoms with van der Waals surface area (Å²) >= 11 is 5.36. The molecule has 1 amide bonds. The molecular weight excluding hydrogens is 398 g/mol. The zero-order chi connectivity index (χ0) is 20.9. The lowest BCUT2D eigenvalue weighted by Gasteiger charge is -2.18. The first-order valence-corrected chi connectivity index (χ1v) is 10.5. The Morgan fingerprint density at radius 2 is 1.97 bits per heavy atom. The van der Waals surface area contributed by atoms with Crippen molar-refractivity contribution in [2.45, 2.75) is 25.8 Å². The summed E-state index contributed by atoms with van der Waals surface area (Å²) in [6.45, 7) is 2.59. The normalized spacial score (nSPS) is 13.4. The number of carbonyl (C=O) groups excluding carboxylic acids is 1. The van der Waals surface area contributed by atoms with Crippen LogP contribution in [0.3, 0.4) is 0 Å². The maximum absolute atomic E-state index is 12.6. The monoisotopic (exact) mass is 423 g/mol. The summed E-state index contributed by atoms with van der Waals surface area (Å²) in [6.07, 6.45) is 2.74. The molecule has 1 aliphatic rings. The van der Waals surface area contributed by atoms with Crippen LogP contribution in [0.1, 0.15) is 19.3 Å². The van der Waals surface area contributed by atoms with Crippen molar-refractivity contribution >= 4 is 29.5 Å². The lowest BCUT2D eigenvalue weighted by molar-refractivity contribution is -0.116. The fourth-order valence-electron chi connectivity index (χ4n) is 3.68. The zero-order valence-electron chi connectivity index (χ0n) is 16.9. The molecule has 7 nitrogen and oxygen atoms in total. The number of nitrogens with zero attached hydrogens (tertiary/aromatic N) is 3. The van der Waals surface area contributed by atoms with Crippen molar-refractivity contribution in [2.24, 2.45) is 0 Å². The van der Waals surface area contributed by atoms with Crippen LogP contribution in [0.25, 0.3) is 11.4 Å². The molecular formula is C22H25N5O2S. The summed E-state index contributed by atoms with van der Waals surface area (Å²) < 4.78 is 7.54. The van der Waals surface area contributed by atoms with Crippen LogP contribution in [0.15, 0.2) is 48.5 Å². The van der Waals surface area contributed by atoms with E-state index in [9.17, 15) is 4.79 Å². The summed E-state index contributed by atoms with van der Waals surface area (Å²) in [5.41, 5.74) is 2.88. The summed E-state index contributed by atoms with van der Waals surface area (Å²) in [4.78, 5) is 14.9. The van der Waals surface area contributed by atoms with Crippen molar-refractivity contribution in [3.63, 3.8) is 0 Å².